The summed E-state index contributed by atoms with van der Waals surface area (Å²) in [6.45, 7) is 2.98. The van der Waals surface area contributed by atoms with Crippen LogP contribution in [0.3, 0.4) is 0 Å². The van der Waals surface area contributed by atoms with E-state index in [1.807, 2.05) is 0 Å². The molecule has 1 aliphatic rings. The van der Waals surface area contributed by atoms with Gasteiger partial charge in [0.05, 0.1) is 0 Å². The molecule has 0 atom stereocenters. The molecule has 0 spiro atoms. The summed E-state index contributed by atoms with van der Waals surface area (Å²) in [5.41, 5.74) is 0.849. The molecule has 2 rings (SSSR count). The van der Waals surface area contributed by atoms with Crippen molar-refractivity contribution >= 4 is 0 Å². The monoisotopic (exact) mass is 235 g/mol. The normalized spacial score (nSPS) is 24.8. The van der Waals surface area contributed by atoms with Crippen LogP contribution >= 0.6 is 0 Å². The Morgan fingerprint density at radius 1 is 1.18 bits per heavy atom. The summed E-state index contributed by atoms with van der Waals surface area (Å²) < 4.78 is 0. The van der Waals surface area contributed by atoms with Gasteiger partial charge >= 0.3 is 0 Å². The quantitative estimate of drug-likeness (QED) is 0.755. The van der Waals surface area contributed by atoms with Crippen LogP contribution in [0, 0.1) is 5.92 Å². The van der Waals surface area contributed by atoms with Crippen molar-refractivity contribution < 1.29 is 10.2 Å². The average molecular weight is 235 g/mol. The largest absolute Gasteiger partial charge is 0.508 e. The van der Waals surface area contributed by atoms with Crippen molar-refractivity contribution in [3.05, 3.63) is 23.8 Å². The SMILES string of the molecule is CC1CCC(NCc2ccc(O)cc2O)CC1. The van der Waals surface area contributed by atoms with Crippen LogP contribution in [0.5, 0.6) is 11.5 Å². The fraction of sp³-hybridized carbons (Fsp3) is 0.571. The predicted molar refractivity (Wildman–Crippen MR) is 68.0 cm³/mol. The molecule has 0 aliphatic heterocycles. The molecule has 0 unspecified atom stereocenters. The molecule has 0 saturated heterocycles. The van der Waals surface area contributed by atoms with E-state index in [0.717, 1.165) is 11.5 Å². The Labute approximate surface area is 102 Å². The van der Waals surface area contributed by atoms with E-state index in [0.29, 0.717) is 12.6 Å². The molecule has 94 valence electrons. The lowest BCUT2D eigenvalue weighted by Crippen LogP contribution is -2.32. The topological polar surface area (TPSA) is 52.5 Å². The maximum absolute atomic E-state index is 9.66. The second-order valence-corrected chi connectivity index (χ2v) is 5.15. The van der Waals surface area contributed by atoms with Gasteiger partial charge in [-0.05, 0) is 37.7 Å². The lowest BCUT2D eigenvalue weighted by molar-refractivity contribution is 0.305. The molecule has 0 aromatic heterocycles. The lowest BCUT2D eigenvalue weighted by atomic mass is 9.87. The van der Waals surface area contributed by atoms with E-state index < -0.39 is 0 Å². The van der Waals surface area contributed by atoms with Crippen LogP contribution in [0.15, 0.2) is 18.2 Å². The zero-order valence-electron chi connectivity index (χ0n) is 10.3. The van der Waals surface area contributed by atoms with E-state index in [1.54, 1.807) is 12.1 Å². The maximum Gasteiger partial charge on any atom is 0.123 e. The Balaban J connectivity index is 1.85. The van der Waals surface area contributed by atoms with Gasteiger partial charge in [0, 0.05) is 24.2 Å². The summed E-state index contributed by atoms with van der Waals surface area (Å²) >= 11 is 0. The van der Waals surface area contributed by atoms with Gasteiger partial charge in [0.2, 0.25) is 0 Å². The van der Waals surface area contributed by atoms with Gasteiger partial charge in [0.15, 0.2) is 0 Å². The highest BCUT2D eigenvalue weighted by Gasteiger charge is 2.17. The van der Waals surface area contributed by atoms with Crippen molar-refractivity contribution in [1.82, 2.24) is 5.32 Å². The molecule has 3 N–H and O–H groups in total. The lowest BCUT2D eigenvalue weighted by Gasteiger charge is -2.27. The van der Waals surface area contributed by atoms with Gasteiger partial charge in [-0.15, -0.1) is 0 Å². The zero-order chi connectivity index (χ0) is 12.3. The van der Waals surface area contributed by atoms with E-state index >= 15 is 0 Å². The van der Waals surface area contributed by atoms with Crippen LogP contribution in [0.2, 0.25) is 0 Å². The minimum absolute atomic E-state index is 0.109. The summed E-state index contributed by atoms with van der Waals surface area (Å²) in [6.07, 6.45) is 5.03. The highest BCUT2D eigenvalue weighted by Crippen LogP contribution is 2.25. The third kappa shape index (κ3) is 3.37. The molecule has 1 saturated carbocycles. The third-order valence-electron chi connectivity index (χ3n) is 3.67. The first kappa shape index (κ1) is 12.2. The average Bonchev–Trinajstić information content (AvgIpc) is 2.30. The fourth-order valence-electron chi connectivity index (χ4n) is 2.42. The molecule has 1 aliphatic carbocycles. The summed E-state index contributed by atoms with van der Waals surface area (Å²) in [5.74, 6) is 1.13. The molecule has 1 aromatic rings. The van der Waals surface area contributed by atoms with Crippen molar-refractivity contribution in [1.29, 1.82) is 0 Å². The molecular formula is C14H21NO2. The number of nitrogens with one attached hydrogen (secondary N) is 1. The van der Waals surface area contributed by atoms with Crippen LogP contribution in [0.25, 0.3) is 0 Å². The van der Waals surface area contributed by atoms with Gasteiger partial charge in [0.25, 0.3) is 0 Å². The molecule has 17 heavy (non-hydrogen) atoms. The third-order valence-corrected chi connectivity index (χ3v) is 3.67. The van der Waals surface area contributed by atoms with Crippen LogP contribution < -0.4 is 5.32 Å². The van der Waals surface area contributed by atoms with E-state index in [-0.39, 0.29) is 11.5 Å². The molecular weight excluding hydrogens is 214 g/mol. The van der Waals surface area contributed by atoms with E-state index in [2.05, 4.69) is 12.2 Å². The van der Waals surface area contributed by atoms with Gasteiger partial charge in [-0.3, -0.25) is 0 Å². The van der Waals surface area contributed by atoms with Crippen molar-refractivity contribution in [3.8, 4) is 11.5 Å². The van der Waals surface area contributed by atoms with Gasteiger partial charge in [-0.1, -0.05) is 13.0 Å². The molecule has 1 fully saturated rings. The smallest absolute Gasteiger partial charge is 0.123 e. The number of hydrogen-bond donors (Lipinski definition) is 3. The van der Waals surface area contributed by atoms with E-state index in [1.165, 1.54) is 31.7 Å². The first-order chi connectivity index (χ1) is 8.15. The molecule has 1 aromatic carbocycles. The number of aromatic hydroxyl groups is 2. The Kier molecular flexibility index (Phi) is 3.89. The molecule has 0 radical (unpaired) electrons. The Morgan fingerprint density at radius 3 is 2.53 bits per heavy atom. The summed E-state index contributed by atoms with van der Waals surface area (Å²) in [7, 11) is 0. The minimum atomic E-state index is 0.109. The number of phenolic OH excluding ortho intramolecular Hbond substituents is 2. The maximum atomic E-state index is 9.66. The summed E-state index contributed by atoms with van der Waals surface area (Å²) in [4.78, 5) is 0. The minimum Gasteiger partial charge on any atom is -0.508 e. The number of rotatable bonds is 3. The van der Waals surface area contributed by atoms with Gasteiger partial charge in [0.1, 0.15) is 11.5 Å². The second-order valence-electron chi connectivity index (χ2n) is 5.15. The Hall–Kier alpha value is -1.22. The summed E-state index contributed by atoms with van der Waals surface area (Å²) in [5, 5.41) is 22.3. The molecule has 3 nitrogen and oxygen atoms in total. The molecule has 0 amide bonds. The summed E-state index contributed by atoms with van der Waals surface area (Å²) in [6, 6.07) is 5.34. The highest BCUT2D eigenvalue weighted by atomic mass is 16.3. The fourth-order valence-corrected chi connectivity index (χ4v) is 2.42. The van der Waals surface area contributed by atoms with Crippen LogP contribution in [-0.2, 0) is 6.54 Å². The highest BCUT2D eigenvalue weighted by molar-refractivity contribution is 5.38. The van der Waals surface area contributed by atoms with Gasteiger partial charge < -0.3 is 15.5 Å². The molecule has 3 heteroatoms. The van der Waals surface area contributed by atoms with Crippen LogP contribution in [0.4, 0.5) is 0 Å². The van der Waals surface area contributed by atoms with Crippen molar-refractivity contribution in [2.45, 2.75) is 45.2 Å². The first-order valence-electron chi connectivity index (χ1n) is 6.39. The zero-order valence-corrected chi connectivity index (χ0v) is 10.3. The predicted octanol–water partition coefficient (Wildman–Crippen LogP) is 2.77. The van der Waals surface area contributed by atoms with E-state index in [4.69, 9.17) is 0 Å². The number of benzene rings is 1. The number of phenols is 2. The molecule has 0 heterocycles. The molecule has 0 bridgehead atoms. The standard InChI is InChI=1S/C14H21NO2/c1-10-2-5-12(6-3-10)15-9-11-4-7-13(16)8-14(11)17/h4,7-8,10,12,15-17H,2-3,5-6,9H2,1H3. The number of hydrogen-bond acceptors (Lipinski definition) is 3. The Morgan fingerprint density at radius 2 is 1.88 bits per heavy atom. The first-order valence-corrected chi connectivity index (χ1v) is 6.39. The van der Waals surface area contributed by atoms with Gasteiger partial charge in [-0.25, -0.2) is 0 Å². The van der Waals surface area contributed by atoms with Crippen molar-refractivity contribution in [3.63, 3.8) is 0 Å². The van der Waals surface area contributed by atoms with Crippen LogP contribution in [0.1, 0.15) is 38.2 Å². The second kappa shape index (κ2) is 5.41. The van der Waals surface area contributed by atoms with Crippen molar-refractivity contribution in [2.75, 3.05) is 0 Å². The van der Waals surface area contributed by atoms with Gasteiger partial charge in [-0.2, -0.15) is 0 Å². The Bertz CT molecular complexity index is 370. The van der Waals surface area contributed by atoms with Crippen molar-refractivity contribution in [2.24, 2.45) is 5.92 Å². The van der Waals surface area contributed by atoms with Crippen LogP contribution in [-0.4, -0.2) is 16.3 Å². The van der Waals surface area contributed by atoms with E-state index in [9.17, 15) is 10.2 Å².